The molecule has 4 aromatic rings. The van der Waals surface area contributed by atoms with Gasteiger partial charge in [-0.15, -0.1) is 0 Å². The van der Waals surface area contributed by atoms with E-state index in [1.807, 2.05) is 6.07 Å². The minimum Gasteiger partial charge on any atom is -0.506 e. The summed E-state index contributed by atoms with van der Waals surface area (Å²) in [6.45, 7) is 10.7. The Kier molecular flexibility index (Phi) is 17.7. The van der Waals surface area contributed by atoms with E-state index in [4.69, 9.17) is 23.2 Å². The van der Waals surface area contributed by atoms with Crippen molar-refractivity contribution < 1.29 is 55.4 Å². The maximum atomic E-state index is 13.7. The van der Waals surface area contributed by atoms with Gasteiger partial charge in [-0.1, -0.05) is 58.0 Å². The van der Waals surface area contributed by atoms with Crippen LogP contribution in [0.5, 0.6) is 0 Å². The topological polar surface area (TPSA) is 245 Å². The zero-order chi connectivity index (χ0) is 46.9. The molecule has 2 aromatic carbocycles. The summed E-state index contributed by atoms with van der Waals surface area (Å²) in [5, 5.41) is 53.7. The molecule has 0 amide bonds. The number of aliphatic hydroxyl groups is 2. The fraction of sp³-hybridized carbons (Fsp3) is 0.195. The van der Waals surface area contributed by atoms with Crippen LogP contribution in [-0.2, 0) is 31.8 Å². The Morgan fingerprint density at radius 3 is 1.71 bits per heavy atom. The average Bonchev–Trinajstić information content (AvgIpc) is 3.98. The van der Waals surface area contributed by atoms with Crippen molar-refractivity contribution in [1.82, 2.24) is 9.97 Å². The fourth-order valence-corrected chi connectivity index (χ4v) is 7.49. The van der Waals surface area contributed by atoms with Crippen molar-refractivity contribution in [2.75, 3.05) is 25.0 Å². The number of aliphatic hydroxyl groups excluding tert-OH is 2. The number of fused-ring (bicyclic) bond motifs is 1. The van der Waals surface area contributed by atoms with E-state index in [1.165, 1.54) is 23.0 Å². The predicted octanol–water partition coefficient (Wildman–Crippen LogP) is 7.42. The molecule has 3 heterocycles. The normalized spacial score (nSPS) is 17.0. The number of rotatable bonds is 9. The monoisotopic (exact) mass is 1010 g/mol. The van der Waals surface area contributed by atoms with Gasteiger partial charge in [-0.2, -0.15) is 4.58 Å². The van der Waals surface area contributed by atoms with E-state index in [9.17, 15) is 44.4 Å². The van der Waals surface area contributed by atoms with Crippen LogP contribution < -0.4 is 24.5 Å². The van der Waals surface area contributed by atoms with E-state index in [-0.39, 0.29) is 80.6 Å². The second kappa shape index (κ2) is 22.5. The molecule has 0 bridgehead atoms. The minimum absolute atomic E-state index is 0. The molecular weight excluding hydrogens is 973 g/mol. The third-order valence-electron chi connectivity index (χ3n) is 9.32. The molecule has 2 aromatic heterocycles. The summed E-state index contributed by atoms with van der Waals surface area (Å²) in [5.41, 5.74) is 5.44. The van der Waals surface area contributed by atoms with Crippen molar-refractivity contribution in [2.45, 2.75) is 33.1 Å². The second-order valence-electron chi connectivity index (χ2n) is 13.7. The molecule has 3 aliphatic rings. The van der Waals surface area contributed by atoms with Crippen LogP contribution in [0, 0.1) is 26.0 Å². The van der Waals surface area contributed by atoms with Crippen LogP contribution in [0.15, 0.2) is 127 Å². The van der Waals surface area contributed by atoms with Gasteiger partial charge in [0.1, 0.15) is 35.8 Å². The van der Waals surface area contributed by atoms with Gasteiger partial charge in [0.15, 0.2) is 5.71 Å². The Bertz CT molecular complexity index is 2800. The van der Waals surface area contributed by atoms with Crippen molar-refractivity contribution in [1.29, 1.82) is 0 Å². The van der Waals surface area contributed by atoms with E-state index in [0.717, 1.165) is 83.7 Å². The zero-order valence-electron chi connectivity index (χ0n) is 34.7. The van der Waals surface area contributed by atoms with Crippen molar-refractivity contribution >= 4 is 102 Å². The summed E-state index contributed by atoms with van der Waals surface area (Å²) in [6.07, 6.45) is 10.5. The Labute approximate surface area is 397 Å². The summed E-state index contributed by atoms with van der Waals surface area (Å²) >= 11 is 12.6. The Morgan fingerprint density at radius 2 is 1.28 bits per heavy atom. The molecule has 0 unspecified atom stereocenters. The van der Waals surface area contributed by atoms with Crippen LogP contribution in [0.4, 0.5) is 25.8 Å². The first-order chi connectivity index (χ1) is 30.3. The van der Waals surface area contributed by atoms with E-state index in [1.54, 1.807) is 6.07 Å². The number of nitrogens with zero attached hydrogens (tertiary/aromatic N) is 10. The van der Waals surface area contributed by atoms with Gasteiger partial charge in [0.25, 0.3) is 0 Å². The maximum absolute atomic E-state index is 13.7. The minimum atomic E-state index is -0.600. The third-order valence-corrected chi connectivity index (χ3v) is 11.6. The first kappa shape index (κ1) is 51.2. The van der Waals surface area contributed by atoms with Crippen LogP contribution in [0.2, 0.25) is 0 Å². The number of ketones is 2. The molecular formula is C41H36Cl2CoFN10O8S2-. The molecule has 7 rings (SSSR count). The standard InChI is InChI=1S/C23H28FN2.2C9H5ClN4O4S.Co/c1-6-26(7-2)19-12-8-17(9-13-19)10-15-22-23(3,4)20-16-18(24)11-14-21(20)25(22)5;2*10-4-1-5(7(16)2-6(4)15)12-13-9-11-3-8(19-9)14(17)18;/h8-16H,6-7H2,1-5H3;2*1-3H,(H2,11,13,15,16);/q+1;;;/p-2. The molecule has 0 fully saturated rings. The number of aromatic nitrogens is 2. The molecule has 24 heteroatoms. The van der Waals surface area contributed by atoms with Crippen LogP contribution in [0.1, 0.15) is 38.8 Å². The number of allylic oxidation sites excluding steroid dienone is 7. The van der Waals surface area contributed by atoms with Crippen LogP contribution in [-0.4, -0.2) is 73.5 Å². The van der Waals surface area contributed by atoms with Crippen LogP contribution in [0.25, 0.3) is 6.08 Å². The van der Waals surface area contributed by atoms with Gasteiger partial charge >= 0.3 is 10.0 Å². The molecule has 1 radical (unpaired) electrons. The second-order valence-corrected chi connectivity index (χ2v) is 16.5. The average molecular weight is 1010 g/mol. The van der Waals surface area contributed by atoms with Crippen molar-refractivity contribution in [3.05, 3.63) is 154 Å². The van der Waals surface area contributed by atoms with E-state index >= 15 is 0 Å². The number of carbonyl (C=O) groups excluding carboxylic acids is 2. The Morgan fingerprint density at radius 1 is 0.800 bits per heavy atom. The molecule has 1 aliphatic heterocycles. The zero-order valence-corrected chi connectivity index (χ0v) is 38.9. The summed E-state index contributed by atoms with van der Waals surface area (Å²) in [4.78, 5) is 51.6. The fourth-order valence-electron chi connectivity index (χ4n) is 6.06. The number of thiazole rings is 2. The first-order valence-corrected chi connectivity index (χ1v) is 21.1. The number of hydrogen-bond acceptors (Lipinski definition) is 15. The number of anilines is 1. The molecule has 0 atom stereocenters. The van der Waals surface area contributed by atoms with Gasteiger partial charge < -0.3 is 35.3 Å². The molecule has 2 aliphatic carbocycles. The smallest absolute Gasteiger partial charge is 0.319 e. The van der Waals surface area contributed by atoms with Gasteiger partial charge in [0, 0.05) is 87.4 Å². The summed E-state index contributed by atoms with van der Waals surface area (Å²) in [7, 11) is 2.05. The Balaban J connectivity index is 0.000000216. The quantitative estimate of drug-likeness (QED) is 0.0723. The van der Waals surface area contributed by atoms with Gasteiger partial charge in [-0.3, -0.25) is 40.0 Å². The Hall–Kier alpha value is -6.43. The van der Waals surface area contributed by atoms with Crippen LogP contribution >= 0.6 is 45.9 Å². The molecule has 341 valence electrons. The summed E-state index contributed by atoms with van der Waals surface area (Å²) in [6, 6.07) is 13.7. The van der Waals surface area contributed by atoms with Gasteiger partial charge in [0.05, 0.1) is 25.3 Å². The number of hydrogen-bond donors (Lipinski definition) is 2. The molecule has 0 saturated heterocycles. The van der Waals surface area contributed by atoms with Crippen molar-refractivity contribution in [3.63, 3.8) is 0 Å². The van der Waals surface area contributed by atoms with Crippen LogP contribution in [0.3, 0.4) is 0 Å². The summed E-state index contributed by atoms with van der Waals surface area (Å²) < 4.78 is 15.9. The molecule has 65 heavy (non-hydrogen) atoms. The number of benzene rings is 2. The van der Waals surface area contributed by atoms with Gasteiger partial charge in [-0.25, -0.2) is 4.39 Å². The molecule has 2 N–H and O–H groups in total. The number of carbonyl (C=O) groups is 2. The first-order valence-electron chi connectivity index (χ1n) is 18.7. The number of halogens is 3. The largest absolute Gasteiger partial charge is 0.506 e. The molecule has 0 spiro atoms. The van der Waals surface area contributed by atoms with Gasteiger partial charge in [-0.05, 0) is 75.8 Å². The number of nitro groups is 2. The van der Waals surface area contributed by atoms with Crippen molar-refractivity contribution in [3.8, 4) is 0 Å². The summed E-state index contributed by atoms with van der Waals surface area (Å²) in [5.74, 6) is -2.03. The maximum Gasteiger partial charge on any atom is 0.319 e. The molecule has 18 nitrogen and oxygen atoms in total. The SMILES string of the molecule is CCN(CC)c1ccc(/C=C/C2=[N+](C)c3ccc(F)cc3C2(C)C)cc1.O=C1C=C(O)C(=NN=c2[n-]cc([N+](=O)[O-])s2)C=C1Cl.O=C1C=C(O)C(=NN=c2[n-]cc([N+](=O)[O-])s2)C=C1Cl.[Co]. The predicted molar refractivity (Wildman–Crippen MR) is 243 cm³/mol. The van der Waals surface area contributed by atoms with E-state index in [2.05, 4.69) is 111 Å². The van der Waals surface area contributed by atoms with Gasteiger partial charge in [0.2, 0.25) is 17.3 Å². The van der Waals surface area contributed by atoms with E-state index < -0.39 is 21.4 Å². The van der Waals surface area contributed by atoms with E-state index in [0.29, 0.717) is 0 Å². The third kappa shape index (κ3) is 12.9. The molecule has 0 saturated carbocycles. The van der Waals surface area contributed by atoms with Crippen molar-refractivity contribution in [2.24, 2.45) is 20.4 Å².